The second kappa shape index (κ2) is 29.5. The fraction of sp³-hybridized carbons (Fsp3) is 0.625. The number of esters is 3. The van der Waals surface area contributed by atoms with Crippen LogP contribution in [0.1, 0.15) is 53.4 Å². The van der Waals surface area contributed by atoms with Crippen LogP contribution in [-0.4, -0.2) is 72.9 Å². The first-order valence-electron chi connectivity index (χ1n) is 10.9. The van der Waals surface area contributed by atoms with E-state index in [1.807, 2.05) is 27.7 Å². The van der Waals surface area contributed by atoms with Gasteiger partial charge in [0.25, 0.3) is 0 Å². The van der Waals surface area contributed by atoms with Crippen LogP contribution < -0.4 is 0 Å². The molecule has 0 aromatic rings. The summed E-state index contributed by atoms with van der Waals surface area (Å²) in [6.45, 7) is 18.4. The average Bonchev–Trinajstić information content (AvgIpc) is 2.87. The molecule has 0 aliphatic rings. The van der Waals surface area contributed by atoms with Gasteiger partial charge in [0.1, 0.15) is 0 Å². The zero-order valence-corrected chi connectivity index (χ0v) is 20.7. The molecule has 0 fully saturated rings. The Hall–Kier alpha value is -2.49. The van der Waals surface area contributed by atoms with E-state index >= 15 is 0 Å². The lowest BCUT2D eigenvalue weighted by atomic mass is 9.88. The SMILES string of the molecule is C=CC(=O)OCCC.C=CC(=O)OCCC.C=CC(=O)OCCC.CCC(CO)(CO)CO. The number of rotatable bonds is 13. The molecule has 194 valence electrons. The molecule has 33 heavy (non-hydrogen) atoms. The van der Waals surface area contributed by atoms with Crippen LogP contribution in [0, 0.1) is 5.41 Å². The minimum Gasteiger partial charge on any atom is -0.463 e. The fourth-order valence-electron chi connectivity index (χ4n) is 1.27. The molecule has 0 heterocycles. The van der Waals surface area contributed by atoms with Gasteiger partial charge >= 0.3 is 17.9 Å². The predicted molar refractivity (Wildman–Crippen MR) is 128 cm³/mol. The summed E-state index contributed by atoms with van der Waals surface area (Å²) in [5.41, 5.74) is -0.667. The maximum atomic E-state index is 10.2. The molecule has 9 heteroatoms. The van der Waals surface area contributed by atoms with Crippen molar-refractivity contribution in [3.63, 3.8) is 0 Å². The molecule has 0 aromatic carbocycles. The highest BCUT2D eigenvalue weighted by Crippen LogP contribution is 2.18. The van der Waals surface area contributed by atoms with E-state index in [0.29, 0.717) is 26.2 Å². The predicted octanol–water partition coefficient (Wildman–Crippen LogP) is 2.74. The number of carbonyl (C=O) groups is 3. The van der Waals surface area contributed by atoms with Gasteiger partial charge in [-0.05, 0) is 25.7 Å². The van der Waals surface area contributed by atoms with E-state index in [2.05, 4.69) is 33.9 Å². The standard InChI is InChI=1S/C6H14O3.3C6H10O2/c1-2-6(3-7,4-8)5-9;3*1-3-5-8-6(7)4-2/h7-9H,2-5H2,1H3;3*4H,2-3,5H2,1H3. The molecule has 0 amide bonds. The molecule has 9 nitrogen and oxygen atoms in total. The van der Waals surface area contributed by atoms with E-state index in [-0.39, 0.29) is 37.7 Å². The first-order valence-corrected chi connectivity index (χ1v) is 10.9. The Morgan fingerprint density at radius 1 is 0.636 bits per heavy atom. The van der Waals surface area contributed by atoms with Gasteiger partial charge < -0.3 is 29.5 Å². The summed E-state index contributed by atoms with van der Waals surface area (Å²) in [6, 6.07) is 0. The minimum absolute atomic E-state index is 0.156. The van der Waals surface area contributed by atoms with Gasteiger partial charge in [-0.3, -0.25) is 0 Å². The Morgan fingerprint density at radius 3 is 0.970 bits per heavy atom. The van der Waals surface area contributed by atoms with Gasteiger partial charge in [0.05, 0.1) is 39.6 Å². The lowest BCUT2D eigenvalue weighted by Gasteiger charge is -2.24. The maximum absolute atomic E-state index is 10.2. The summed E-state index contributed by atoms with van der Waals surface area (Å²) in [7, 11) is 0. The summed E-state index contributed by atoms with van der Waals surface area (Å²) in [6.07, 6.45) is 6.66. The summed E-state index contributed by atoms with van der Waals surface area (Å²) >= 11 is 0. The molecule has 0 saturated heterocycles. The van der Waals surface area contributed by atoms with Crippen molar-refractivity contribution in [2.75, 3.05) is 39.6 Å². The zero-order chi connectivity index (χ0) is 26.5. The number of hydrogen-bond acceptors (Lipinski definition) is 9. The second-order valence-electron chi connectivity index (χ2n) is 6.44. The van der Waals surface area contributed by atoms with Gasteiger partial charge in [-0.1, -0.05) is 47.4 Å². The van der Waals surface area contributed by atoms with Gasteiger partial charge in [-0.15, -0.1) is 0 Å². The Morgan fingerprint density at radius 2 is 0.879 bits per heavy atom. The second-order valence-corrected chi connectivity index (χ2v) is 6.44. The topological polar surface area (TPSA) is 140 Å². The lowest BCUT2D eigenvalue weighted by molar-refractivity contribution is -0.138. The van der Waals surface area contributed by atoms with E-state index in [9.17, 15) is 14.4 Å². The minimum atomic E-state index is -0.667. The molecule has 0 radical (unpaired) electrons. The molecule has 0 atom stereocenters. The Bertz CT molecular complexity index is 437. The van der Waals surface area contributed by atoms with Crippen LogP contribution in [0.2, 0.25) is 0 Å². The van der Waals surface area contributed by atoms with Crippen molar-refractivity contribution < 1.29 is 43.9 Å². The van der Waals surface area contributed by atoms with Gasteiger partial charge in [0.2, 0.25) is 0 Å². The molecular weight excluding hydrogens is 432 g/mol. The quantitative estimate of drug-likeness (QED) is 0.208. The first kappa shape index (κ1) is 37.8. The number of carbonyl (C=O) groups excluding carboxylic acids is 3. The van der Waals surface area contributed by atoms with Crippen LogP contribution in [-0.2, 0) is 28.6 Å². The zero-order valence-electron chi connectivity index (χ0n) is 20.7. The van der Waals surface area contributed by atoms with Gasteiger partial charge in [0.15, 0.2) is 0 Å². The smallest absolute Gasteiger partial charge is 0.330 e. The van der Waals surface area contributed by atoms with Crippen molar-refractivity contribution in [1.82, 2.24) is 0 Å². The van der Waals surface area contributed by atoms with E-state index in [1.165, 1.54) is 0 Å². The van der Waals surface area contributed by atoms with Crippen molar-refractivity contribution in [2.24, 2.45) is 5.41 Å². The molecule has 0 bridgehead atoms. The van der Waals surface area contributed by atoms with Crippen LogP contribution in [0.4, 0.5) is 0 Å². The molecule has 0 rings (SSSR count). The van der Waals surface area contributed by atoms with Crippen LogP contribution in [0.15, 0.2) is 38.0 Å². The third-order valence-corrected chi connectivity index (χ3v) is 3.60. The highest BCUT2D eigenvalue weighted by molar-refractivity contribution is 5.81. The Labute approximate surface area is 198 Å². The van der Waals surface area contributed by atoms with Crippen molar-refractivity contribution >= 4 is 17.9 Å². The number of aliphatic hydroxyl groups excluding tert-OH is 3. The molecule has 0 unspecified atom stereocenters. The number of hydrogen-bond donors (Lipinski definition) is 3. The largest absolute Gasteiger partial charge is 0.463 e. The van der Waals surface area contributed by atoms with Gasteiger partial charge in [-0.25, -0.2) is 14.4 Å². The van der Waals surface area contributed by atoms with Crippen LogP contribution in [0.25, 0.3) is 0 Å². The third-order valence-electron chi connectivity index (χ3n) is 3.60. The molecule has 3 N–H and O–H groups in total. The lowest BCUT2D eigenvalue weighted by Crippen LogP contribution is -2.32. The third kappa shape index (κ3) is 29.5. The monoisotopic (exact) mass is 476 g/mol. The highest BCUT2D eigenvalue weighted by atomic mass is 16.5. The highest BCUT2D eigenvalue weighted by Gasteiger charge is 2.24. The van der Waals surface area contributed by atoms with Crippen LogP contribution >= 0.6 is 0 Å². The van der Waals surface area contributed by atoms with E-state index in [4.69, 9.17) is 15.3 Å². The summed E-state index contributed by atoms with van der Waals surface area (Å²) in [5, 5.41) is 26.0. The normalized spacial score (nSPS) is 9.18. The molecule has 0 spiro atoms. The summed E-state index contributed by atoms with van der Waals surface area (Å²) in [4.78, 5) is 30.7. The maximum Gasteiger partial charge on any atom is 0.330 e. The molecular formula is C24H44O9. The van der Waals surface area contributed by atoms with E-state index in [1.54, 1.807) is 0 Å². The van der Waals surface area contributed by atoms with E-state index in [0.717, 1.165) is 37.5 Å². The Kier molecular flexibility index (Phi) is 33.8. The molecule has 0 aromatic heterocycles. The molecule has 0 saturated carbocycles. The number of ether oxygens (including phenoxy) is 3. The van der Waals surface area contributed by atoms with Gasteiger partial charge in [-0.2, -0.15) is 0 Å². The first-order chi connectivity index (χ1) is 15.7. The van der Waals surface area contributed by atoms with E-state index < -0.39 is 5.41 Å². The number of aliphatic hydroxyl groups is 3. The fourth-order valence-corrected chi connectivity index (χ4v) is 1.27. The summed E-state index contributed by atoms with van der Waals surface area (Å²) in [5.74, 6) is -1.02. The van der Waals surface area contributed by atoms with Crippen LogP contribution in [0.3, 0.4) is 0 Å². The Balaban J connectivity index is -0.000000170. The van der Waals surface area contributed by atoms with Crippen molar-refractivity contribution in [2.45, 2.75) is 53.4 Å². The van der Waals surface area contributed by atoms with Crippen molar-refractivity contribution in [3.05, 3.63) is 38.0 Å². The molecule has 0 aliphatic carbocycles. The van der Waals surface area contributed by atoms with Gasteiger partial charge in [0, 0.05) is 23.6 Å². The average molecular weight is 477 g/mol. The summed E-state index contributed by atoms with van der Waals surface area (Å²) < 4.78 is 13.8. The van der Waals surface area contributed by atoms with Crippen molar-refractivity contribution in [3.8, 4) is 0 Å². The molecule has 0 aliphatic heterocycles. The van der Waals surface area contributed by atoms with Crippen LogP contribution in [0.5, 0.6) is 0 Å². The van der Waals surface area contributed by atoms with Crippen molar-refractivity contribution in [1.29, 1.82) is 0 Å².